The number of ether oxygens (including phenoxy) is 2. The Labute approximate surface area is 168 Å². The Kier molecular flexibility index (Phi) is 7.35. The van der Waals surface area contributed by atoms with Crippen LogP contribution in [0.4, 0.5) is 4.79 Å². The number of alkyl carbamates (subject to hydrolysis) is 1. The third kappa shape index (κ3) is 5.73. The Morgan fingerprint density at radius 3 is 2.54 bits per heavy atom. The number of esters is 1. The zero-order valence-electron chi connectivity index (χ0n) is 17.1. The molecule has 1 aliphatic carbocycles. The molecular formula is C23H33NO4. The molecular weight excluding hydrogens is 354 g/mol. The highest BCUT2D eigenvalue weighted by atomic mass is 16.6. The number of benzene rings is 1. The molecule has 1 saturated carbocycles. The van der Waals surface area contributed by atoms with E-state index in [2.05, 4.69) is 5.32 Å². The molecule has 3 rings (SSSR count). The lowest BCUT2D eigenvalue weighted by molar-refractivity contribution is -0.146. The largest absolute Gasteiger partial charge is 0.460 e. The Morgan fingerprint density at radius 1 is 1.18 bits per heavy atom. The number of carbonyl (C=O) groups is 2. The summed E-state index contributed by atoms with van der Waals surface area (Å²) in [5.41, 5.74) is 0.952. The maximum Gasteiger partial charge on any atom is 0.407 e. The van der Waals surface area contributed by atoms with E-state index in [1.807, 2.05) is 44.2 Å². The van der Waals surface area contributed by atoms with Crippen LogP contribution in [0.2, 0.25) is 0 Å². The SMILES string of the molecule is CC(C)[C@H]1C[C@@H]([C@H](CC2CCCCC2)NC(=O)OCc2ccccc2)OC1=O. The molecule has 5 heteroatoms. The van der Waals surface area contributed by atoms with Crippen LogP contribution in [-0.4, -0.2) is 24.2 Å². The zero-order valence-corrected chi connectivity index (χ0v) is 17.1. The smallest absolute Gasteiger partial charge is 0.407 e. The van der Waals surface area contributed by atoms with E-state index < -0.39 is 6.09 Å². The van der Waals surface area contributed by atoms with Gasteiger partial charge in [-0.15, -0.1) is 0 Å². The van der Waals surface area contributed by atoms with Gasteiger partial charge in [0, 0.05) is 0 Å². The highest BCUT2D eigenvalue weighted by Gasteiger charge is 2.41. The van der Waals surface area contributed by atoms with E-state index in [1.54, 1.807) is 0 Å². The van der Waals surface area contributed by atoms with Crippen LogP contribution in [0, 0.1) is 17.8 Å². The lowest BCUT2D eigenvalue weighted by Crippen LogP contribution is -2.45. The van der Waals surface area contributed by atoms with Gasteiger partial charge in [0.25, 0.3) is 0 Å². The van der Waals surface area contributed by atoms with Gasteiger partial charge in [-0.1, -0.05) is 76.3 Å². The van der Waals surface area contributed by atoms with E-state index in [1.165, 1.54) is 32.1 Å². The molecule has 3 atom stereocenters. The molecule has 1 saturated heterocycles. The van der Waals surface area contributed by atoms with Crippen LogP contribution in [0.5, 0.6) is 0 Å². The van der Waals surface area contributed by atoms with Gasteiger partial charge in [-0.25, -0.2) is 4.79 Å². The van der Waals surface area contributed by atoms with Crippen molar-refractivity contribution in [1.29, 1.82) is 0 Å². The van der Waals surface area contributed by atoms with Crippen molar-refractivity contribution in [1.82, 2.24) is 5.32 Å². The maximum atomic E-state index is 12.4. The van der Waals surface area contributed by atoms with E-state index in [0.29, 0.717) is 12.3 Å². The fourth-order valence-electron chi connectivity index (χ4n) is 4.42. The van der Waals surface area contributed by atoms with Crippen LogP contribution in [0.15, 0.2) is 30.3 Å². The molecule has 1 heterocycles. The number of hydrogen-bond donors (Lipinski definition) is 1. The number of rotatable bonds is 7. The molecule has 28 heavy (non-hydrogen) atoms. The Hall–Kier alpha value is -2.04. The van der Waals surface area contributed by atoms with Crippen LogP contribution in [0.1, 0.15) is 64.4 Å². The molecule has 1 aromatic carbocycles. The molecule has 0 aromatic heterocycles. The van der Waals surface area contributed by atoms with Crippen molar-refractivity contribution >= 4 is 12.1 Å². The fourth-order valence-corrected chi connectivity index (χ4v) is 4.42. The third-order valence-electron chi connectivity index (χ3n) is 6.14. The Bertz CT molecular complexity index is 639. The minimum absolute atomic E-state index is 0.0824. The van der Waals surface area contributed by atoms with Crippen molar-refractivity contribution in [3.63, 3.8) is 0 Å². The van der Waals surface area contributed by atoms with Crippen molar-refractivity contribution in [2.75, 3.05) is 0 Å². The van der Waals surface area contributed by atoms with Gasteiger partial charge in [-0.2, -0.15) is 0 Å². The van der Waals surface area contributed by atoms with E-state index in [0.717, 1.165) is 12.0 Å². The van der Waals surface area contributed by atoms with Gasteiger partial charge < -0.3 is 14.8 Å². The van der Waals surface area contributed by atoms with Gasteiger partial charge in [-0.05, 0) is 30.2 Å². The third-order valence-corrected chi connectivity index (χ3v) is 6.14. The van der Waals surface area contributed by atoms with Gasteiger partial charge in [-0.3, -0.25) is 4.79 Å². The molecule has 2 fully saturated rings. The first-order chi connectivity index (χ1) is 13.5. The van der Waals surface area contributed by atoms with E-state index in [9.17, 15) is 9.59 Å². The Balaban J connectivity index is 1.60. The topological polar surface area (TPSA) is 64.6 Å². The van der Waals surface area contributed by atoms with Gasteiger partial charge in [0.15, 0.2) is 0 Å². The van der Waals surface area contributed by atoms with E-state index >= 15 is 0 Å². The van der Waals surface area contributed by atoms with Crippen molar-refractivity contribution in [2.45, 2.75) is 77.5 Å². The highest BCUT2D eigenvalue weighted by Crippen LogP contribution is 2.34. The van der Waals surface area contributed by atoms with Crippen molar-refractivity contribution in [3.8, 4) is 0 Å². The molecule has 2 aliphatic rings. The number of cyclic esters (lactones) is 1. The quantitative estimate of drug-likeness (QED) is 0.680. The van der Waals surface area contributed by atoms with Crippen molar-refractivity contribution < 1.29 is 19.1 Å². The predicted molar refractivity (Wildman–Crippen MR) is 108 cm³/mol. The van der Waals surface area contributed by atoms with Gasteiger partial charge in [0.2, 0.25) is 0 Å². The summed E-state index contributed by atoms with van der Waals surface area (Å²) in [5, 5.41) is 3.02. The van der Waals surface area contributed by atoms with E-state index in [4.69, 9.17) is 9.47 Å². The lowest BCUT2D eigenvalue weighted by atomic mass is 9.82. The number of nitrogens with one attached hydrogen (secondary N) is 1. The fraction of sp³-hybridized carbons (Fsp3) is 0.652. The van der Waals surface area contributed by atoms with Crippen molar-refractivity contribution in [2.24, 2.45) is 17.8 Å². The molecule has 1 aliphatic heterocycles. The summed E-state index contributed by atoms with van der Waals surface area (Å²) in [6.07, 6.45) is 6.98. The summed E-state index contributed by atoms with van der Waals surface area (Å²) in [5.74, 6) is 0.608. The van der Waals surface area contributed by atoms with E-state index in [-0.39, 0.29) is 36.6 Å². The predicted octanol–water partition coefficient (Wildman–Crippen LogP) is 4.84. The lowest BCUT2D eigenvalue weighted by Gasteiger charge is -2.29. The molecule has 1 aromatic rings. The summed E-state index contributed by atoms with van der Waals surface area (Å²) in [6, 6.07) is 9.46. The summed E-state index contributed by atoms with van der Waals surface area (Å²) >= 11 is 0. The first kappa shape index (κ1) is 20.7. The number of amides is 1. The van der Waals surface area contributed by atoms with Crippen LogP contribution in [0.25, 0.3) is 0 Å². The first-order valence-electron chi connectivity index (χ1n) is 10.7. The molecule has 154 valence electrons. The molecule has 1 N–H and O–H groups in total. The summed E-state index contributed by atoms with van der Waals surface area (Å²) in [4.78, 5) is 24.7. The summed E-state index contributed by atoms with van der Waals surface area (Å²) in [6.45, 7) is 4.33. The second kappa shape index (κ2) is 9.94. The maximum absolute atomic E-state index is 12.4. The highest BCUT2D eigenvalue weighted by molar-refractivity contribution is 5.75. The van der Waals surface area contributed by atoms with Crippen LogP contribution in [-0.2, 0) is 20.9 Å². The standard InChI is InChI=1S/C23H33NO4/c1-16(2)19-14-21(28-22(19)25)20(13-17-9-5-3-6-10-17)24-23(26)27-15-18-11-7-4-8-12-18/h4,7-8,11-12,16-17,19-21H,3,5-6,9-10,13-15H2,1-2H3,(H,24,26)/t19-,20+,21+/m1/s1. The van der Waals surface area contributed by atoms with Crippen LogP contribution < -0.4 is 5.32 Å². The van der Waals surface area contributed by atoms with Crippen molar-refractivity contribution in [3.05, 3.63) is 35.9 Å². The summed E-state index contributed by atoms with van der Waals surface area (Å²) < 4.78 is 11.1. The molecule has 0 bridgehead atoms. The average molecular weight is 388 g/mol. The van der Waals surface area contributed by atoms with Crippen LogP contribution >= 0.6 is 0 Å². The number of carbonyl (C=O) groups excluding carboxylic acids is 2. The van der Waals surface area contributed by atoms with Gasteiger partial charge >= 0.3 is 12.1 Å². The first-order valence-corrected chi connectivity index (χ1v) is 10.7. The molecule has 0 spiro atoms. The van der Waals surface area contributed by atoms with Gasteiger partial charge in [0.05, 0.1) is 12.0 Å². The minimum Gasteiger partial charge on any atom is -0.460 e. The second-order valence-corrected chi connectivity index (χ2v) is 8.61. The molecule has 0 unspecified atom stereocenters. The van der Waals surface area contributed by atoms with Crippen LogP contribution in [0.3, 0.4) is 0 Å². The summed E-state index contributed by atoms with van der Waals surface area (Å²) in [7, 11) is 0. The molecule has 1 amide bonds. The monoisotopic (exact) mass is 387 g/mol. The average Bonchev–Trinajstić information content (AvgIpc) is 3.09. The Morgan fingerprint density at radius 2 is 1.89 bits per heavy atom. The minimum atomic E-state index is -0.436. The van der Waals surface area contributed by atoms with Gasteiger partial charge in [0.1, 0.15) is 12.7 Å². The zero-order chi connectivity index (χ0) is 19.9. The normalized spacial score (nSPS) is 24.0. The molecule has 5 nitrogen and oxygen atoms in total. The number of hydrogen-bond acceptors (Lipinski definition) is 4. The molecule has 0 radical (unpaired) electrons. The second-order valence-electron chi connectivity index (χ2n) is 8.61.